The fourth-order valence-electron chi connectivity index (χ4n) is 1.39. The Kier molecular flexibility index (Phi) is 3.72. The summed E-state index contributed by atoms with van der Waals surface area (Å²) in [5.41, 5.74) is 1.98. The van der Waals surface area contributed by atoms with Gasteiger partial charge in [-0.3, -0.25) is 9.97 Å². The zero-order chi connectivity index (χ0) is 11.2. The second kappa shape index (κ2) is 5.47. The standard InChI is InChI=1S/C12H12ClN3/c13-11-9-14-7-5-12(11)16-8-4-10-3-1-2-6-15-10/h1-3,5-7,9H,4,8H2,(H,14,16). The van der Waals surface area contributed by atoms with Gasteiger partial charge in [-0.15, -0.1) is 0 Å². The maximum Gasteiger partial charge on any atom is 0.0820 e. The van der Waals surface area contributed by atoms with Gasteiger partial charge in [0, 0.05) is 37.3 Å². The number of rotatable bonds is 4. The highest BCUT2D eigenvalue weighted by atomic mass is 35.5. The van der Waals surface area contributed by atoms with Crippen molar-refractivity contribution in [3.63, 3.8) is 0 Å². The van der Waals surface area contributed by atoms with E-state index in [1.165, 1.54) is 0 Å². The highest BCUT2D eigenvalue weighted by molar-refractivity contribution is 6.33. The number of anilines is 1. The van der Waals surface area contributed by atoms with E-state index in [9.17, 15) is 0 Å². The molecule has 0 aliphatic rings. The molecule has 2 aromatic heterocycles. The quantitative estimate of drug-likeness (QED) is 0.883. The summed E-state index contributed by atoms with van der Waals surface area (Å²) in [5.74, 6) is 0. The average Bonchev–Trinajstić information content (AvgIpc) is 2.33. The Balaban J connectivity index is 1.87. The number of hydrogen-bond acceptors (Lipinski definition) is 3. The van der Waals surface area contributed by atoms with Gasteiger partial charge in [-0.05, 0) is 18.2 Å². The first-order valence-electron chi connectivity index (χ1n) is 5.09. The number of nitrogens with one attached hydrogen (secondary N) is 1. The first-order chi connectivity index (χ1) is 7.86. The zero-order valence-corrected chi connectivity index (χ0v) is 9.48. The van der Waals surface area contributed by atoms with Gasteiger partial charge in [0.25, 0.3) is 0 Å². The Morgan fingerprint density at radius 1 is 1.19 bits per heavy atom. The van der Waals surface area contributed by atoms with E-state index < -0.39 is 0 Å². The molecule has 0 saturated heterocycles. The van der Waals surface area contributed by atoms with Gasteiger partial charge in [-0.25, -0.2) is 0 Å². The van der Waals surface area contributed by atoms with Crippen molar-refractivity contribution in [3.05, 3.63) is 53.6 Å². The van der Waals surface area contributed by atoms with Gasteiger partial charge in [0.2, 0.25) is 0 Å². The van der Waals surface area contributed by atoms with Crippen LogP contribution in [0.25, 0.3) is 0 Å². The Hall–Kier alpha value is -1.61. The lowest BCUT2D eigenvalue weighted by atomic mass is 10.2. The fraction of sp³-hybridized carbons (Fsp3) is 0.167. The molecule has 4 heteroatoms. The number of aromatic nitrogens is 2. The summed E-state index contributed by atoms with van der Waals surface area (Å²) >= 11 is 5.97. The van der Waals surface area contributed by atoms with Crippen LogP contribution in [-0.4, -0.2) is 16.5 Å². The minimum absolute atomic E-state index is 0.642. The van der Waals surface area contributed by atoms with Crippen molar-refractivity contribution in [2.75, 3.05) is 11.9 Å². The summed E-state index contributed by atoms with van der Waals surface area (Å²) in [6, 6.07) is 7.77. The summed E-state index contributed by atoms with van der Waals surface area (Å²) in [6.45, 7) is 0.806. The lowest BCUT2D eigenvalue weighted by Gasteiger charge is -2.06. The van der Waals surface area contributed by atoms with Crippen LogP contribution in [0.3, 0.4) is 0 Å². The third-order valence-corrected chi connectivity index (χ3v) is 2.50. The topological polar surface area (TPSA) is 37.8 Å². The molecule has 0 radical (unpaired) electrons. The minimum atomic E-state index is 0.642. The van der Waals surface area contributed by atoms with E-state index in [0.29, 0.717) is 5.02 Å². The van der Waals surface area contributed by atoms with Crippen LogP contribution in [0.5, 0.6) is 0 Å². The van der Waals surface area contributed by atoms with Gasteiger partial charge in [-0.1, -0.05) is 17.7 Å². The largest absolute Gasteiger partial charge is 0.383 e. The molecule has 2 aromatic rings. The van der Waals surface area contributed by atoms with Crippen LogP contribution >= 0.6 is 11.6 Å². The molecule has 0 spiro atoms. The summed E-state index contributed by atoms with van der Waals surface area (Å²) < 4.78 is 0. The van der Waals surface area contributed by atoms with Crippen LogP contribution in [0, 0.1) is 0 Å². The van der Waals surface area contributed by atoms with Crippen molar-refractivity contribution in [3.8, 4) is 0 Å². The van der Waals surface area contributed by atoms with Crippen LogP contribution in [0.15, 0.2) is 42.9 Å². The normalized spacial score (nSPS) is 10.1. The van der Waals surface area contributed by atoms with Crippen molar-refractivity contribution in [2.24, 2.45) is 0 Å². The molecular formula is C12H12ClN3. The second-order valence-corrected chi connectivity index (χ2v) is 3.76. The molecule has 1 N–H and O–H groups in total. The third kappa shape index (κ3) is 2.94. The fourth-order valence-corrected chi connectivity index (χ4v) is 1.58. The van der Waals surface area contributed by atoms with Crippen molar-refractivity contribution < 1.29 is 0 Å². The summed E-state index contributed by atoms with van der Waals surface area (Å²) in [6.07, 6.45) is 6.02. The van der Waals surface area contributed by atoms with E-state index in [1.807, 2.05) is 24.3 Å². The molecule has 2 heterocycles. The lowest BCUT2D eigenvalue weighted by Crippen LogP contribution is -2.06. The Morgan fingerprint density at radius 3 is 2.88 bits per heavy atom. The number of hydrogen-bond donors (Lipinski definition) is 1. The van der Waals surface area contributed by atoms with Crippen molar-refractivity contribution in [1.82, 2.24) is 9.97 Å². The van der Waals surface area contributed by atoms with Gasteiger partial charge >= 0.3 is 0 Å². The van der Waals surface area contributed by atoms with E-state index >= 15 is 0 Å². The minimum Gasteiger partial charge on any atom is -0.383 e. The third-order valence-electron chi connectivity index (χ3n) is 2.20. The molecule has 16 heavy (non-hydrogen) atoms. The molecule has 0 aromatic carbocycles. The zero-order valence-electron chi connectivity index (χ0n) is 8.73. The number of nitrogens with zero attached hydrogens (tertiary/aromatic N) is 2. The summed E-state index contributed by atoms with van der Waals surface area (Å²) in [5, 5.41) is 3.89. The second-order valence-electron chi connectivity index (χ2n) is 3.35. The molecular weight excluding hydrogens is 222 g/mol. The van der Waals surface area contributed by atoms with Gasteiger partial charge in [0.05, 0.1) is 10.7 Å². The Morgan fingerprint density at radius 2 is 2.12 bits per heavy atom. The monoisotopic (exact) mass is 233 g/mol. The van der Waals surface area contributed by atoms with Crippen LogP contribution in [0.4, 0.5) is 5.69 Å². The van der Waals surface area contributed by atoms with E-state index in [1.54, 1.807) is 18.6 Å². The summed E-state index contributed by atoms with van der Waals surface area (Å²) in [4.78, 5) is 8.17. The SMILES string of the molecule is Clc1cnccc1NCCc1ccccn1. The van der Waals surface area contributed by atoms with Gasteiger partial charge in [0.15, 0.2) is 0 Å². The van der Waals surface area contributed by atoms with Crippen molar-refractivity contribution in [2.45, 2.75) is 6.42 Å². The van der Waals surface area contributed by atoms with E-state index in [4.69, 9.17) is 11.6 Å². The average molecular weight is 234 g/mol. The van der Waals surface area contributed by atoms with Crippen LogP contribution in [-0.2, 0) is 6.42 Å². The van der Waals surface area contributed by atoms with E-state index in [-0.39, 0.29) is 0 Å². The molecule has 0 saturated carbocycles. The van der Waals surface area contributed by atoms with Crippen molar-refractivity contribution in [1.29, 1.82) is 0 Å². The van der Waals surface area contributed by atoms with Crippen LogP contribution in [0.2, 0.25) is 5.02 Å². The molecule has 0 aliphatic carbocycles. The highest BCUT2D eigenvalue weighted by Gasteiger charge is 1.98. The van der Waals surface area contributed by atoms with E-state index in [2.05, 4.69) is 15.3 Å². The highest BCUT2D eigenvalue weighted by Crippen LogP contribution is 2.18. The van der Waals surface area contributed by atoms with Crippen LogP contribution < -0.4 is 5.32 Å². The maximum absolute atomic E-state index is 5.97. The molecule has 0 atom stereocenters. The molecule has 0 unspecified atom stereocenters. The predicted molar refractivity (Wildman–Crippen MR) is 65.7 cm³/mol. The maximum atomic E-state index is 5.97. The summed E-state index contributed by atoms with van der Waals surface area (Å²) in [7, 11) is 0. The molecule has 0 aliphatic heterocycles. The first-order valence-corrected chi connectivity index (χ1v) is 5.47. The van der Waals surface area contributed by atoms with Gasteiger partial charge in [0.1, 0.15) is 0 Å². The molecule has 0 bridgehead atoms. The smallest absolute Gasteiger partial charge is 0.0820 e. The van der Waals surface area contributed by atoms with E-state index in [0.717, 1.165) is 24.3 Å². The van der Waals surface area contributed by atoms with Gasteiger partial charge in [-0.2, -0.15) is 0 Å². The van der Waals surface area contributed by atoms with Crippen LogP contribution in [0.1, 0.15) is 5.69 Å². The first kappa shape index (κ1) is 10.9. The Bertz CT molecular complexity index is 445. The lowest BCUT2D eigenvalue weighted by molar-refractivity contribution is 0.961. The molecule has 2 rings (SSSR count). The Labute approximate surface area is 99.5 Å². The molecule has 0 amide bonds. The van der Waals surface area contributed by atoms with Gasteiger partial charge < -0.3 is 5.32 Å². The predicted octanol–water partition coefficient (Wildman–Crippen LogP) is 2.78. The number of pyridine rings is 2. The molecule has 82 valence electrons. The van der Waals surface area contributed by atoms with Crippen molar-refractivity contribution >= 4 is 17.3 Å². The molecule has 3 nitrogen and oxygen atoms in total. The molecule has 0 fully saturated rings. The number of halogens is 1.